The summed E-state index contributed by atoms with van der Waals surface area (Å²) in [5, 5.41) is 0.137. The molecule has 0 bridgehead atoms. The minimum Gasteiger partial charge on any atom is -0.492 e. The average molecular weight is 267 g/mol. The summed E-state index contributed by atoms with van der Waals surface area (Å²) in [5.41, 5.74) is 2.66. The van der Waals surface area contributed by atoms with Crippen LogP contribution in [-0.2, 0) is 5.41 Å². The van der Waals surface area contributed by atoms with Gasteiger partial charge in [-0.2, -0.15) is 0 Å². The van der Waals surface area contributed by atoms with Crippen molar-refractivity contribution in [1.82, 2.24) is 0 Å². The van der Waals surface area contributed by atoms with Crippen molar-refractivity contribution in [2.45, 2.75) is 57.2 Å². The van der Waals surface area contributed by atoms with Crippen molar-refractivity contribution < 1.29 is 4.74 Å². The maximum Gasteiger partial charge on any atom is 0.123 e. The van der Waals surface area contributed by atoms with E-state index in [0.29, 0.717) is 0 Å². The van der Waals surface area contributed by atoms with Crippen LogP contribution in [0.2, 0.25) is 0 Å². The molecule has 0 fully saturated rings. The zero-order chi connectivity index (χ0) is 13.2. The first kappa shape index (κ1) is 13.7. The average Bonchev–Trinajstić information content (AvgIpc) is 2.65. The Morgan fingerprint density at radius 3 is 2.83 bits per heavy atom. The van der Waals surface area contributed by atoms with Crippen LogP contribution in [0.5, 0.6) is 5.75 Å². The monoisotopic (exact) mass is 266 g/mol. The molecule has 0 N–H and O–H groups in total. The van der Waals surface area contributed by atoms with Crippen molar-refractivity contribution >= 4 is 11.6 Å². The molecule has 1 unspecified atom stereocenters. The quantitative estimate of drug-likeness (QED) is 0.525. The molecule has 1 atom stereocenters. The molecule has 0 spiro atoms. The Kier molecular flexibility index (Phi) is 4.21. The van der Waals surface area contributed by atoms with Gasteiger partial charge in [-0.1, -0.05) is 46.1 Å². The first-order chi connectivity index (χ1) is 8.54. The predicted molar refractivity (Wildman–Crippen MR) is 77.7 cm³/mol. The zero-order valence-electron chi connectivity index (χ0n) is 11.6. The van der Waals surface area contributed by atoms with E-state index >= 15 is 0 Å². The molecule has 1 aromatic rings. The largest absolute Gasteiger partial charge is 0.492 e. The van der Waals surface area contributed by atoms with Crippen LogP contribution in [0.1, 0.15) is 63.0 Å². The van der Waals surface area contributed by atoms with Crippen LogP contribution in [-0.4, -0.2) is 6.61 Å². The molecule has 0 aromatic heterocycles. The Bertz CT molecular complexity index is 412. The van der Waals surface area contributed by atoms with E-state index in [0.717, 1.165) is 18.8 Å². The highest BCUT2D eigenvalue weighted by Crippen LogP contribution is 2.40. The van der Waals surface area contributed by atoms with Gasteiger partial charge in [0.05, 0.1) is 12.0 Å². The highest BCUT2D eigenvalue weighted by Gasteiger charge is 2.32. The first-order valence-electron chi connectivity index (χ1n) is 6.96. The molecule has 0 aliphatic carbocycles. The summed E-state index contributed by atoms with van der Waals surface area (Å²) in [4.78, 5) is 0. The molecule has 1 aliphatic heterocycles. The lowest BCUT2D eigenvalue weighted by Gasteiger charge is -2.17. The second-order valence-corrected chi connectivity index (χ2v) is 6.42. The summed E-state index contributed by atoms with van der Waals surface area (Å²) in [6.07, 6.45) is 4.79. The second kappa shape index (κ2) is 5.52. The normalized spacial score (nSPS) is 18.2. The van der Waals surface area contributed by atoms with Gasteiger partial charge in [-0.3, -0.25) is 0 Å². The number of unbranched alkanes of at least 4 members (excludes halogenated alkanes) is 2. The van der Waals surface area contributed by atoms with Crippen molar-refractivity contribution in [3.05, 3.63) is 29.3 Å². The molecule has 18 heavy (non-hydrogen) atoms. The summed E-state index contributed by atoms with van der Waals surface area (Å²) in [6, 6.07) is 6.43. The van der Waals surface area contributed by atoms with Crippen molar-refractivity contribution in [2.24, 2.45) is 0 Å². The second-order valence-electron chi connectivity index (χ2n) is 5.89. The van der Waals surface area contributed by atoms with Gasteiger partial charge >= 0.3 is 0 Å². The molecule has 1 aliphatic rings. The number of fused-ring (bicyclic) bond motifs is 1. The Morgan fingerprint density at radius 2 is 2.11 bits per heavy atom. The van der Waals surface area contributed by atoms with Gasteiger partial charge < -0.3 is 4.74 Å². The zero-order valence-corrected chi connectivity index (χ0v) is 12.4. The van der Waals surface area contributed by atoms with E-state index in [-0.39, 0.29) is 10.8 Å². The highest BCUT2D eigenvalue weighted by molar-refractivity contribution is 6.20. The lowest BCUT2D eigenvalue weighted by Crippen LogP contribution is -2.18. The summed E-state index contributed by atoms with van der Waals surface area (Å²) < 4.78 is 5.70. The van der Waals surface area contributed by atoms with Gasteiger partial charge in [-0.25, -0.2) is 0 Å². The van der Waals surface area contributed by atoms with Crippen LogP contribution >= 0.6 is 11.6 Å². The lowest BCUT2D eigenvalue weighted by molar-refractivity contribution is 0.291. The van der Waals surface area contributed by atoms with Crippen LogP contribution in [0.3, 0.4) is 0 Å². The molecular weight excluding hydrogens is 244 g/mol. The molecule has 2 heteroatoms. The van der Waals surface area contributed by atoms with Crippen LogP contribution in [0.4, 0.5) is 0 Å². The van der Waals surface area contributed by atoms with E-state index in [1.54, 1.807) is 0 Å². The van der Waals surface area contributed by atoms with E-state index < -0.39 is 0 Å². The summed E-state index contributed by atoms with van der Waals surface area (Å²) in [5.74, 6) is 1.03. The maximum absolute atomic E-state index is 6.50. The van der Waals surface area contributed by atoms with E-state index in [1.807, 2.05) is 0 Å². The third kappa shape index (κ3) is 2.83. The molecule has 1 heterocycles. The third-order valence-corrected chi connectivity index (χ3v) is 4.21. The SMILES string of the molecule is CCCCCC(Cl)c1ccc2c(c1)C(C)(C)CO2. The molecule has 1 nitrogen and oxygen atoms in total. The molecule has 0 amide bonds. The van der Waals surface area contributed by atoms with Gasteiger partial charge in [0, 0.05) is 11.0 Å². The van der Waals surface area contributed by atoms with Gasteiger partial charge in [0.15, 0.2) is 0 Å². The minimum atomic E-state index is 0.116. The molecule has 100 valence electrons. The predicted octanol–water partition coefficient (Wildman–Crippen LogP) is 5.22. The molecule has 1 aromatic carbocycles. The van der Waals surface area contributed by atoms with Gasteiger partial charge in [0.2, 0.25) is 0 Å². The molecular formula is C16H23ClO. The third-order valence-electron chi connectivity index (χ3n) is 3.74. The molecule has 0 saturated carbocycles. The number of halogens is 1. The van der Waals surface area contributed by atoms with E-state index in [9.17, 15) is 0 Å². The van der Waals surface area contributed by atoms with E-state index in [4.69, 9.17) is 16.3 Å². The fourth-order valence-electron chi connectivity index (χ4n) is 2.47. The topological polar surface area (TPSA) is 9.23 Å². The molecule has 0 radical (unpaired) electrons. The fraction of sp³-hybridized carbons (Fsp3) is 0.625. The first-order valence-corrected chi connectivity index (χ1v) is 7.39. The molecule has 2 rings (SSSR count). The summed E-state index contributed by atoms with van der Waals surface area (Å²) in [7, 11) is 0. The maximum atomic E-state index is 6.50. The Balaban J connectivity index is 2.11. The van der Waals surface area contributed by atoms with Crippen LogP contribution in [0.25, 0.3) is 0 Å². The van der Waals surface area contributed by atoms with Crippen molar-refractivity contribution in [2.75, 3.05) is 6.61 Å². The van der Waals surface area contributed by atoms with Gasteiger partial charge in [0.25, 0.3) is 0 Å². The number of hydrogen-bond acceptors (Lipinski definition) is 1. The van der Waals surface area contributed by atoms with Gasteiger partial charge in [-0.05, 0) is 24.1 Å². The highest BCUT2D eigenvalue weighted by atomic mass is 35.5. The Hall–Kier alpha value is -0.690. The number of alkyl halides is 1. The van der Waals surface area contributed by atoms with Crippen LogP contribution in [0.15, 0.2) is 18.2 Å². The minimum absolute atomic E-state index is 0.116. The number of rotatable bonds is 5. The number of benzene rings is 1. The van der Waals surface area contributed by atoms with E-state index in [2.05, 4.69) is 39.0 Å². The number of hydrogen-bond donors (Lipinski definition) is 0. The standard InChI is InChI=1S/C16H23ClO/c1-4-5-6-7-14(17)12-8-9-15-13(10-12)16(2,3)11-18-15/h8-10,14H,4-7,11H2,1-3H3. The summed E-state index contributed by atoms with van der Waals surface area (Å²) >= 11 is 6.50. The van der Waals surface area contributed by atoms with Crippen molar-refractivity contribution in [3.63, 3.8) is 0 Å². The lowest BCUT2D eigenvalue weighted by atomic mass is 9.85. The van der Waals surface area contributed by atoms with Crippen LogP contribution < -0.4 is 4.74 Å². The Morgan fingerprint density at radius 1 is 1.33 bits per heavy atom. The van der Waals surface area contributed by atoms with E-state index in [1.165, 1.54) is 30.4 Å². The van der Waals surface area contributed by atoms with Crippen molar-refractivity contribution in [1.29, 1.82) is 0 Å². The molecule has 0 saturated heterocycles. The summed E-state index contributed by atoms with van der Waals surface area (Å²) in [6.45, 7) is 7.44. The van der Waals surface area contributed by atoms with Crippen LogP contribution in [0, 0.1) is 0 Å². The Labute approximate surface area is 115 Å². The smallest absolute Gasteiger partial charge is 0.123 e. The van der Waals surface area contributed by atoms with Gasteiger partial charge in [0.1, 0.15) is 5.75 Å². The van der Waals surface area contributed by atoms with Crippen molar-refractivity contribution in [3.8, 4) is 5.75 Å². The number of ether oxygens (including phenoxy) is 1. The fourth-order valence-corrected chi connectivity index (χ4v) is 2.76. The van der Waals surface area contributed by atoms with Gasteiger partial charge in [-0.15, -0.1) is 11.6 Å².